The Hall–Kier alpha value is -4.42. The molecular formula is C41H36O3P2. The Kier molecular flexibility index (Phi) is 7.51. The molecule has 0 spiro atoms. The van der Waals surface area contributed by atoms with Crippen molar-refractivity contribution in [3.63, 3.8) is 0 Å². The third-order valence-electron chi connectivity index (χ3n) is 9.25. The van der Waals surface area contributed by atoms with Gasteiger partial charge in [0, 0.05) is 37.8 Å². The molecule has 1 aliphatic rings. The third-order valence-corrected chi connectivity index (χ3v) is 15.4. The summed E-state index contributed by atoms with van der Waals surface area (Å²) in [6.45, 7) is 8.40. The highest BCUT2D eigenvalue weighted by molar-refractivity contribution is 7.86. The molecule has 2 unspecified atom stereocenters. The number of aryl methyl sites for hydroxylation is 2. The molecule has 1 heterocycles. The molecule has 46 heavy (non-hydrogen) atoms. The van der Waals surface area contributed by atoms with E-state index >= 15 is 9.13 Å². The van der Waals surface area contributed by atoms with Gasteiger partial charge >= 0.3 is 0 Å². The number of benzene rings is 6. The molecule has 0 aromatic heterocycles. The van der Waals surface area contributed by atoms with Crippen LogP contribution in [0.3, 0.4) is 0 Å². The highest BCUT2D eigenvalue weighted by atomic mass is 31.2. The molecule has 0 radical (unpaired) electrons. The second-order valence-electron chi connectivity index (χ2n) is 12.6. The van der Waals surface area contributed by atoms with E-state index in [1.165, 1.54) is 0 Å². The fraction of sp³-hybridized carbons (Fsp3) is 0.122. The van der Waals surface area contributed by atoms with Crippen LogP contribution in [0.5, 0.6) is 11.5 Å². The minimum absolute atomic E-state index is 0.529. The van der Waals surface area contributed by atoms with Gasteiger partial charge in [-0.1, -0.05) is 158 Å². The van der Waals surface area contributed by atoms with Crippen molar-refractivity contribution in [1.82, 2.24) is 0 Å². The van der Waals surface area contributed by atoms with Gasteiger partial charge < -0.3 is 13.9 Å². The normalized spacial score (nSPS) is 15.8. The second kappa shape index (κ2) is 11.4. The Morgan fingerprint density at radius 3 is 1.15 bits per heavy atom. The molecule has 0 amide bonds. The van der Waals surface area contributed by atoms with E-state index in [1.807, 2.05) is 147 Å². The van der Waals surface area contributed by atoms with E-state index in [-0.39, 0.29) is 0 Å². The lowest BCUT2D eigenvalue weighted by molar-refractivity contribution is 0.424. The van der Waals surface area contributed by atoms with Crippen LogP contribution < -0.4 is 36.6 Å². The maximum absolute atomic E-state index is 15.7. The van der Waals surface area contributed by atoms with Gasteiger partial charge in [-0.05, 0) is 26.0 Å². The molecule has 5 heteroatoms. The molecule has 0 saturated carbocycles. The summed E-state index contributed by atoms with van der Waals surface area (Å²) >= 11 is 0. The largest absolute Gasteiger partial charge is 0.455 e. The monoisotopic (exact) mass is 638 g/mol. The minimum Gasteiger partial charge on any atom is -0.455 e. The summed E-state index contributed by atoms with van der Waals surface area (Å²) in [6.07, 6.45) is 0. The smallest absolute Gasteiger partial charge is 0.174 e. The van der Waals surface area contributed by atoms with E-state index in [2.05, 4.69) is 26.0 Å². The first-order valence-electron chi connectivity index (χ1n) is 15.6. The molecule has 0 N–H and O–H groups in total. The topological polar surface area (TPSA) is 43.4 Å². The standard InChI is InChI=1S/C41H36O3P2/c1-29-21-25-33(26-22-29)45(42,31-13-7-5-8-14-31)37-19-11-17-35-39(37)44-40-36(41(35,3)4)18-12-20-38(40)46(43,32-15-9-6-10-16-32)34-27-23-30(2)24-28-34/h5-28H,1-4H3. The van der Waals surface area contributed by atoms with Crippen molar-refractivity contribution in [2.24, 2.45) is 0 Å². The zero-order chi connectivity index (χ0) is 32.1. The molecule has 228 valence electrons. The van der Waals surface area contributed by atoms with Crippen LogP contribution in [-0.4, -0.2) is 0 Å². The van der Waals surface area contributed by atoms with Gasteiger partial charge in [-0.2, -0.15) is 0 Å². The van der Waals surface area contributed by atoms with Crippen molar-refractivity contribution in [2.75, 3.05) is 0 Å². The molecule has 1 aliphatic heterocycles. The first-order valence-corrected chi connectivity index (χ1v) is 19.0. The van der Waals surface area contributed by atoms with Gasteiger partial charge in [-0.15, -0.1) is 0 Å². The van der Waals surface area contributed by atoms with Crippen LogP contribution in [0, 0.1) is 13.8 Å². The van der Waals surface area contributed by atoms with E-state index in [0.717, 1.165) is 43.5 Å². The Morgan fingerprint density at radius 1 is 0.435 bits per heavy atom. The molecule has 2 atom stereocenters. The Morgan fingerprint density at radius 2 is 0.783 bits per heavy atom. The molecule has 0 aliphatic carbocycles. The summed E-state index contributed by atoms with van der Waals surface area (Å²) < 4.78 is 38.5. The van der Waals surface area contributed by atoms with E-state index < -0.39 is 19.7 Å². The summed E-state index contributed by atoms with van der Waals surface area (Å²) in [7, 11) is -6.79. The van der Waals surface area contributed by atoms with Gasteiger partial charge in [0.05, 0.1) is 10.6 Å². The lowest BCUT2D eigenvalue weighted by Gasteiger charge is -2.38. The number of fused-ring (bicyclic) bond motifs is 2. The maximum atomic E-state index is 15.7. The SMILES string of the molecule is Cc1ccc(P(=O)(c2ccccc2)c2cccc3c2Oc2c(cccc2P(=O)(c2ccccc2)c2ccc(C)cc2)C3(C)C)cc1. The highest BCUT2D eigenvalue weighted by Gasteiger charge is 2.44. The van der Waals surface area contributed by atoms with E-state index in [9.17, 15) is 0 Å². The van der Waals surface area contributed by atoms with Crippen LogP contribution in [0.25, 0.3) is 0 Å². The fourth-order valence-corrected chi connectivity index (χ4v) is 12.2. The van der Waals surface area contributed by atoms with Gasteiger partial charge in [-0.25, -0.2) is 0 Å². The van der Waals surface area contributed by atoms with Crippen LogP contribution in [0.1, 0.15) is 36.1 Å². The van der Waals surface area contributed by atoms with Crippen molar-refractivity contribution < 1.29 is 13.9 Å². The number of rotatable bonds is 6. The van der Waals surface area contributed by atoms with Gasteiger partial charge in [-0.3, -0.25) is 0 Å². The average Bonchev–Trinajstić information content (AvgIpc) is 3.09. The van der Waals surface area contributed by atoms with Crippen LogP contribution in [0.15, 0.2) is 146 Å². The molecule has 6 aromatic rings. The molecule has 0 saturated heterocycles. The lowest BCUT2D eigenvalue weighted by atomic mass is 9.76. The zero-order valence-electron chi connectivity index (χ0n) is 26.5. The second-order valence-corrected chi connectivity index (χ2v) is 18.1. The fourth-order valence-electron chi connectivity index (χ4n) is 6.63. The number of ether oxygens (including phenoxy) is 1. The first kappa shape index (κ1) is 30.2. The van der Waals surface area contributed by atoms with E-state index in [0.29, 0.717) is 22.1 Å². The predicted octanol–water partition coefficient (Wildman–Crippen LogP) is 8.01. The number of hydrogen-bond acceptors (Lipinski definition) is 3. The number of para-hydroxylation sites is 2. The minimum atomic E-state index is -3.40. The summed E-state index contributed by atoms with van der Waals surface area (Å²) in [4.78, 5) is 0. The Labute approximate surface area is 271 Å². The highest BCUT2D eigenvalue weighted by Crippen LogP contribution is 2.55. The van der Waals surface area contributed by atoms with Crippen molar-refractivity contribution in [3.05, 3.63) is 168 Å². The maximum Gasteiger partial charge on any atom is 0.174 e. The molecule has 3 nitrogen and oxygen atoms in total. The predicted molar refractivity (Wildman–Crippen MR) is 193 cm³/mol. The van der Waals surface area contributed by atoms with Crippen LogP contribution in [0.2, 0.25) is 0 Å². The van der Waals surface area contributed by atoms with Crippen LogP contribution in [-0.2, 0) is 14.5 Å². The Balaban J connectivity index is 1.51. The Bertz CT molecular complexity index is 2000. The zero-order valence-corrected chi connectivity index (χ0v) is 28.3. The number of hydrogen-bond donors (Lipinski definition) is 0. The first-order chi connectivity index (χ1) is 22.1. The molecule has 0 bridgehead atoms. The quantitative estimate of drug-likeness (QED) is 0.174. The average molecular weight is 639 g/mol. The van der Waals surface area contributed by atoms with Gasteiger partial charge in [0.1, 0.15) is 11.5 Å². The summed E-state index contributed by atoms with van der Waals surface area (Å²) in [5.41, 5.74) is 3.56. The summed E-state index contributed by atoms with van der Waals surface area (Å²) in [6, 6.07) is 47.3. The summed E-state index contributed by atoms with van der Waals surface area (Å²) in [5, 5.41) is 4.24. The summed E-state index contributed by atoms with van der Waals surface area (Å²) in [5.74, 6) is 1.15. The third kappa shape index (κ3) is 4.73. The van der Waals surface area contributed by atoms with E-state index in [1.54, 1.807) is 0 Å². The van der Waals surface area contributed by atoms with Crippen LogP contribution >= 0.6 is 14.3 Å². The van der Waals surface area contributed by atoms with Crippen molar-refractivity contribution in [3.8, 4) is 11.5 Å². The van der Waals surface area contributed by atoms with Crippen molar-refractivity contribution in [1.29, 1.82) is 0 Å². The van der Waals surface area contributed by atoms with Crippen molar-refractivity contribution >= 4 is 46.1 Å². The molecule has 7 rings (SSSR count). The van der Waals surface area contributed by atoms with Gasteiger partial charge in [0.15, 0.2) is 14.3 Å². The lowest BCUT2D eigenvalue weighted by Crippen LogP contribution is -2.34. The van der Waals surface area contributed by atoms with Crippen molar-refractivity contribution in [2.45, 2.75) is 33.1 Å². The molecule has 0 fully saturated rings. The van der Waals surface area contributed by atoms with Gasteiger partial charge in [0.2, 0.25) is 0 Å². The van der Waals surface area contributed by atoms with Gasteiger partial charge in [0.25, 0.3) is 0 Å². The molecular weight excluding hydrogens is 602 g/mol. The van der Waals surface area contributed by atoms with E-state index in [4.69, 9.17) is 4.74 Å². The molecule has 6 aromatic carbocycles. The van der Waals surface area contributed by atoms with Crippen LogP contribution in [0.4, 0.5) is 0 Å².